The van der Waals surface area contributed by atoms with Gasteiger partial charge < -0.3 is 19.3 Å². The first-order valence-electron chi connectivity index (χ1n) is 9.47. The molecule has 0 saturated carbocycles. The van der Waals surface area contributed by atoms with Crippen molar-refractivity contribution in [3.8, 4) is 11.5 Å². The molecule has 1 aliphatic rings. The van der Waals surface area contributed by atoms with Gasteiger partial charge in [0.15, 0.2) is 11.5 Å². The second-order valence-corrected chi connectivity index (χ2v) is 7.78. The first-order valence-corrected chi connectivity index (χ1v) is 9.47. The van der Waals surface area contributed by atoms with E-state index in [2.05, 4.69) is 5.32 Å². The molecule has 1 aliphatic heterocycles. The fraction of sp³-hybridized carbons (Fsp3) is 0.364. The van der Waals surface area contributed by atoms with Gasteiger partial charge in [0.05, 0.1) is 18.8 Å². The number of fused-ring (bicyclic) bond motifs is 2. The molecule has 0 unspecified atom stereocenters. The van der Waals surface area contributed by atoms with Gasteiger partial charge >= 0.3 is 12.1 Å². The number of benzene rings is 2. The molecule has 0 spiro atoms. The van der Waals surface area contributed by atoms with Crippen LogP contribution in [0.3, 0.4) is 0 Å². The Morgan fingerprint density at radius 1 is 1.17 bits per heavy atom. The molecule has 0 aliphatic carbocycles. The number of amides is 1. The summed E-state index contributed by atoms with van der Waals surface area (Å²) in [7, 11) is 0. The quantitative estimate of drug-likeness (QED) is 0.584. The smallest absolute Gasteiger partial charge is 0.412 e. The molecule has 1 amide bonds. The van der Waals surface area contributed by atoms with Crippen molar-refractivity contribution in [3.63, 3.8) is 0 Å². The van der Waals surface area contributed by atoms with E-state index in [4.69, 9.17) is 14.2 Å². The van der Waals surface area contributed by atoms with Crippen molar-refractivity contribution in [1.82, 2.24) is 0 Å². The van der Waals surface area contributed by atoms with Gasteiger partial charge in [-0.3, -0.25) is 5.32 Å². The second-order valence-electron chi connectivity index (χ2n) is 7.78. The van der Waals surface area contributed by atoms with E-state index in [0.717, 1.165) is 5.56 Å². The molecule has 7 heteroatoms. The molecule has 0 saturated heterocycles. The van der Waals surface area contributed by atoms with Crippen LogP contribution in [0.25, 0.3) is 0 Å². The zero-order valence-electron chi connectivity index (χ0n) is 16.8. The zero-order valence-corrected chi connectivity index (χ0v) is 16.8. The highest BCUT2D eigenvalue weighted by Gasteiger charge is 2.20. The third-order valence-electron chi connectivity index (χ3n) is 4.21. The number of carbonyl (C=O) groups is 2. The van der Waals surface area contributed by atoms with E-state index in [1.807, 2.05) is 0 Å². The number of aliphatic hydroxyl groups is 1. The average molecular weight is 399 g/mol. The van der Waals surface area contributed by atoms with E-state index >= 15 is 0 Å². The van der Waals surface area contributed by atoms with Crippen LogP contribution in [-0.2, 0) is 17.8 Å². The van der Waals surface area contributed by atoms with Gasteiger partial charge in [0.1, 0.15) is 5.60 Å². The van der Waals surface area contributed by atoms with E-state index in [-0.39, 0.29) is 6.61 Å². The number of hydrogen-bond donors (Lipinski definition) is 2. The standard InChI is InChI=1S/C22H25NO6/c1-22(2,3)29-21(26)23-16-7-8-17-15(12-16)5-4-10-27-19-11-14(13-24)6-9-18(19)28-20(17)25/h6-9,11-12,24H,4-5,10,13H2,1-3H3,(H,23,26). The van der Waals surface area contributed by atoms with E-state index in [1.165, 1.54) is 0 Å². The first kappa shape index (κ1) is 20.7. The predicted octanol–water partition coefficient (Wildman–Crippen LogP) is 4.07. The molecular formula is C22H25NO6. The molecule has 0 bridgehead atoms. The highest BCUT2D eigenvalue weighted by molar-refractivity contribution is 5.94. The Labute approximate surface area is 169 Å². The van der Waals surface area contributed by atoms with Crippen LogP contribution in [0.15, 0.2) is 36.4 Å². The molecule has 0 aromatic heterocycles. The van der Waals surface area contributed by atoms with Crippen LogP contribution in [0, 0.1) is 0 Å². The molecule has 0 fully saturated rings. The van der Waals surface area contributed by atoms with Crippen molar-refractivity contribution in [2.75, 3.05) is 11.9 Å². The van der Waals surface area contributed by atoms with Crippen LogP contribution in [0.4, 0.5) is 10.5 Å². The molecule has 2 N–H and O–H groups in total. The van der Waals surface area contributed by atoms with Crippen molar-refractivity contribution in [2.24, 2.45) is 0 Å². The van der Waals surface area contributed by atoms with Gasteiger partial charge in [-0.1, -0.05) is 6.07 Å². The van der Waals surface area contributed by atoms with E-state index in [1.54, 1.807) is 57.2 Å². The number of rotatable bonds is 2. The van der Waals surface area contributed by atoms with Crippen LogP contribution >= 0.6 is 0 Å². The average Bonchev–Trinajstić information content (AvgIpc) is 2.64. The highest BCUT2D eigenvalue weighted by atomic mass is 16.6. The fourth-order valence-corrected chi connectivity index (χ4v) is 2.95. The van der Waals surface area contributed by atoms with Crippen molar-refractivity contribution < 1.29 is 28.9 Å². The normalized spacial score (nSPS) is 14.0. The molecule has 0 radical (unpaired) electrons. The summed E-state index contributed by atoms with van der Waals surface area (Å²) < 4.78 is 16.5. The molecule has 2 aromatic carbocycles. The van der Waals surface area contributed by atoms with Crippen LogP contribution < -0.4 is 14.8 Å². The van der Waals surface area contributed by atoms with Crippen LogP contribution in [-0.4, -0.2) is 29.4 Å². The number of anilines is 1. The molecule has 1 heterocycles. The largest absolute Gasteiger partial charge is 0.490 e. The minimum Gasteiger partial charge on any atom is -0.490 e. The lowest BCUT2D eigenvalue weighted by Gasteiger charge is -2.20. The third-order valence-corrected chi connectivity index (χ3v) is 4.21. The Morgan fingerprint density at radius 3 is 2.69 bits per heavy atom. The minimum atomic E-state index is -0.603. The number of esters is 1. The zero-order chi connectivity index (χ0) is 21.0. The molecule has 2 aromatic rings. The van der Waals surface area contributed by atoms with Gasteiger partial charge in [0, 0.05) is 5.69 Å². The van der Waals surface area contributed by atoms with Crippen LogP contribution in [0.5, 0.6) is 11.5 Å². The van der Waals surface area contributed by atoms with Gasteiger partial charge in [0.25, 0.3) is 0 Å². The Kier molecular flexibility index (Phi) is 6.08. The summed E-state index contributed by atoms with van der Waals surface area (Å²) in [6, 6.07) is 9.97. The lowest BCUT2D eigenvalue weighted by atomic mass is 10.0. The topological polar surface area (TPSA) is 94.1 Å². The molecule has 154 valence electrons. The maximum absolute atomic E-state index is 12.7. The summed E-state index contributed by atoms with van der Waals surface area (Å²) in [4.78, 5) is 24.7. The summed E-state index contributed by atoms with van der Waals surface area (Å²) in [5.41, 5.74) is 1.79. The summed E-state index contributed by atoms with van der Waals surface area (Å²) in [5.74, 6) is 0.222. The number of hydrogen-bond acceptors (Lipinski definition) is 6. The number of carbonyl (C=O) groups excluding carboxylic acids is 2. The Bertz CT molecular complexity index is 916. The van der Waals surface area contributed by atoms with Gasteiger partial charge in [-0.2, -0.15) is 0 Å². The fourth-order valence-electron chi connectivity index (χ4n) is 2.95. The van der Waals surface area contributed by atoms with Gasteiger partial charge in [-0.15, -0.1) is 0 Å². The maximum atomic E-state index is 12.7. The molecule has 3 rings (SSSR count). The number of ether oxygens (including phenoxy) is 3. The van der Waals surface area contributed by atoms with Gasteiger partial charge in [-0.25, -0.2) is 9.59 Å². The summed E-state index contributed by atoms with van der Waals surface area (Å²) >= 11 is 0. The first-order chi connectivity index (χ1) is 13.7. The summed E-state index contributed by atoms with van der Waals surface area (Å²) in [6.07, 6.45) is 0.680. The minimum absolute atomic E-state index is 0.124. The third kappa shape index (κ3) is 5.48. The Morgan fingerprint density at radius 2 is 1.97 bits per heavy atom. The molecule has 0 atom stereocenters. The lowest BCUT2D eigenvalue weighted by Crippen LogP contribution is -2.27. The van der Waals surface area contributed by atoms with Crippen LogP contribution in [0.1, 0.15) is 48.7 Å². The van der Waals surface area contributed by atoms with E-state index in [0.29, 0.717) is 47.8 Å². The monoisotopic (exact) mass is 399 g/mol. The number of aliphatic hydroxyl groups excluding tert-OH is 1. The second kappa shape index (κ2) is 8.53. The van der Waals surface area contributed by atoms with Gasteiger partial charge in [-0.05, 0) is 75.1 Å². The summed E-state index contributed by atoms with van der Waals surface area (Å²) in [5, 5.41) is 12.0. The Balaban J connectivity index is 1.83. The summed E-state index contributed by atoms with van der Waals surface area (Å²) in [6.45, 7) is 5.66. The number of aryl methyl sites for hydroxylation is 1. The van der Waals surface area contributed by atoms with Crippen molar-refractivity contribution in [3.05, 3.63) is 53.1 Å². The maximum Gasteiger partial charge on any atom is 0.412 e. The van der Waals surface area contributed by atoms with Crippen molar-refractivity contribution >= 4 is 17.7 Å². The van der Waals surface area contributed by atoms with Crippen LogP contribution in [0.2, 0.25) is 0 Å². The molecule has 29 heavy (non-hydrogen) atoms. The van der Waals surface area contributed by atoms with E-state index < -0.39 is 17.7 Å². The van der Waals surface area contributed by atoms with Crippen molar-refractivity contribution in [2.45, 2.75) is 45.8 Å². The lowest BCUT2D eigenvalue weighted by molar-refractivity contribution is 0.0635. The van der Waals surface area contributed by atoms with E-state index in [9.17, 15) is 14.7 Å². The Hall–Kier alpha value is -3.06. The molecule has 7 nitrogen and oxygen atoms in total. The highest BCUT2D eigenvalue weighted by Crippen LogP contribution is 2.31. The SMILES string of the molecule is CC(C)(C)OC(=O)Nc1ccc2c(c1)CCCOc1cc(CO)ccc1OC2=O. The number of nitrogens with one attached hydrogen (secondary N) is 1. The molecular weight excluding hydrogens is 374 g/mol. The predicted molar refractivity (Wildman–Crippen MR) is 107 cm³/mol. The van der Waals surface area contributed by atoms with Crippen molar-refractivity contribution in [1.29, 1.82) is 0 Å². The van der Waals surface area contributed by atoms with Gasteiger partial charge in [0.2, 0.25) is 0 Å².